The number of aromatic nitrogens is 3. The minimum atomic E-state index is -3.79. The molecule has 3 heterocycles. The topological polar surface area (TPSA) is 120 Å². The molecule has 0 saturated heterocycles. The van der Waals surface area contributed by atoms with Gasteiger partial charge in [-0.25, -0.2) is 9.37 Å². The molecular formula is C34H38FN3O8S. The average molecular weight is 668 g/mol. The third-order valence-corrected chi connectivity index (χ3v) is 8.63. The van der Waals surface area contributed by atoms with E-state index in [0.29, 0.717) is 45.2 Å². The lowest BCUT2D eigenvalue weighted by atomic mass is 10.1. The quantitative estimate of drug-likeness (QED) is 0.0871. The summed E-state index contributed by atoms with van der Waals surface area (Å²) in [4.78, 5) is 8.53. The van der Waals surface area contributed by atoms with Crippen molar-refractivity contribution >= 4 is 31.9 Å². The minimum Gasteiger partial charge on any atom is -0.473 e. The van der Waals surface area contributed by atoms with Gasteiger partial charge in [0.25, 0.3) is 10.1 Å². The van der Waals surface area contributed by atoms with Gasteiger partial charge in [0.2, 0.25) is 5.88 Å². The Hall–Kier alpha value is -3.98. The molecule has 0 atom stereocenters. The highest BCUT2D eigenvalue weighted by molar-refractivity contribution is 7.86. The average Bonchev–Trinajstić information content (AvgIpc) is 3.36. The van der Waals surface area contributed by atoms with Crippen molar-refractivity contribution in [2.24, 2.45) is 7.05 Å². The largest absolute Gasteiger partial charge is 0.473 e. The number of ether oxygens (including phenoxy) is 5. The van der Waals surface area contributed by atoms with Crippen molar-refractivity contribution in [1.29, 1.82) is 0 Å². The van der Waals surface area contributed by atoms with E-state index in [-0.39, 0.29) is 37.2 Å². The number of aryl methyl sites for hydroxylation is 2. The van der Waals surface area contributed by atoms with Crippen LogP contribution >= 0.6 is 0 Å². The van der Waals surface area contributed by atoms with Gasteiger partial charge in [0.15, 0.2) is 5.82 Å². The first-order chi connectivity index (χ1) is 22.8. The molecule has 0 saturated carbocycles. The van der Waals surface area contributed by atoms with Gasteiger partial charge in [0.05, 0.1) is 69.9 Å². The number of benzene rings is 2. The lowest BCUT2D eigenvalue weighted by Crippen LogP contribution is -2.15. The summed E-state index contributed by atoms with van der Waals surface area (Å²) in [5, 5.41) is 2.16. The van der Waals surface area contributed by atoms with Crippen molar-refractivity contribution in [3.05, 3.63) is 84.6 Å². The summed E-state index contributed by atoms with van der Waals surface area (Å²) < 4.78 is 73.2. The van der Waals surface area contributed by atoms with Crippen LogP contribution in [0.4, 0.5) is 4.39 Å². The third-order valence-electron chi connectivity index (χ3n) is 7.31. The molecule has 0 aliphatic carbocycles. The van der Waals surface area contributed by atoms with Crippen molar-refractivity contribution < 1.29 is 40.7 Å². The number of fused-ring (bicyclic) bond motifs is 3. The Morgan fingerprint density at radius 1 is 0.702 bits per heavy atom. The highest BCUT2D eigenvalue weighted by Gasteiger charge is 2.15. The van der Waals surface area contributed by atoms with Crippen molar-refractivity contribution in [1.82, 2.24) is 14.5 Å². The van der Waals surface area contributed by atoms with Gasteiger partial charge in [-0.2, -0.15) is 8.42 Å². The molecule has 0 fully saturated rings. The van der Waals surface area contributed by atoms with Crippen LogP contribution in [-0.2, 0) is 40.3 Å². The van der Waals surface area contributed by atoms with Crippen LogP contribution in [0.2, 0.25) is 0 Å². The molecule has 250 valence electrons. The Kier molecular flexibility index (Phi) is 12.2. The summed E-state index contributed by atoms with van der Waals surface area (Å²) in [6, 6.07) is 15.8. The summed E-state index contributed by atoms with van der Waals surface area (Å²) in [5.41, 5.74) is 4.58. The maximum atomic E-state index is 14.8. The molecule has 0 radical (unpaired) electrons. The molecule has 11 nitrogen and oxygen atoms in total. The Balaban J connectivity index is 0.886. The summed E-state index contributed by atoms with van der Waals surface area (Å²) in [6.45, 7) is 4.43. The Bertz CT molecular complexity index is 1870. The number of rotatable bonds is 19. The number of nitrogens with zero attached hydrogens (tertiary/aromatic N) is 3. The highest BCUT2D eigenvalue weighted by atomic mass is 32.2. The molecule has 0 aliphatic heterocycles. The second-order valence-corrected chi connectivity index (χ2v) is 12.2. The van der Waals surface area contributed by atoms with E-state index in [4.69, 9.17) is 27.9 Å². The molecule has 2 aromatic carbocycles. The molecule has 0 spiro atoms. The Morgan fingerprint density at radius 2 is 1.34 bits per heavy atom. The SMILES string of the molecule is Cc1ccc(S(=O)(=O)OCCOCCOCCOCCOCCOc2ncc(-c3ccc4c5cnccc5n(C)c4c3)cc2F)cc1. The first-order valence-electron chi connectivity index (χ1n) is 15.2. The zero-order valence-electron chi connectivity index (χ0n) is 26.4. The zero-order valence-corrected chi connectivity index (χ0v) is 27.2. The molecule has 5 rings (SSSR count). The van der Waals surface area contributed by atoms with Gasteiger partial charge in [-0.3, -0.25) is 9.17 Å². The second kappa shape index (κ2) is 16.7. The van der Waals surface area contributed by atoms with E-state index < -0.39 is 15.9 Å². The van der Waals surface area contributed by atoms with Gasteiger partial charge < -0.3 is 28.3 Å². The Labute approximate surface area is 273 Å². The molecule has 0 bridgehead atoms. The fourth-order valence-corrected chi connectivity index (χ4v) is 5.75. The first kappa shape index (κ1) is 34.4. The van der Waals surface area contributed by atoms with Crippen molar-refractivity contribution in [2.75, 3.05) is 66.1 Å². The van der Waals surface area contributed by atoms with Crippen molar-refractivity contribution in [3.63, 3.8) is 0 Å². The normalized spacial score (nSPS) is 11.9. The first-order valence-corrected chi connectivity index (χ1v) is 16.6. The minimum absolute atomic E-state index is 0.0775. The summed E-state index contributed by atoms with van der Waals surface area (Å²) >= 11 is 0. The molecule has 0 unspecified atom stereocenters. The van der Waals surface area contributed by atoms with E-state index in [2.05, 4.69) is 14.5 Å². The zero-order chi connectivity index (χ0) is 33.1. The van der Waals surface area contributed by atoms with E-state index >= 15 is 0 Å². The van der Waals surface area contributed by atoms with Gasteiger partial charge in [0.1, 0.15) is 6.61 Å². The lowest BCUT2D eigenvalue weighted by Gasteiger charge is -2.10. The highest BCUT2D eigenvalue weighted by Crippen LogP contribution is 2.32. The maximum Gasteiger partial charge on any atom is 0.297 e. The molecule has 5 aromatic rings. The van der Waals surface area contributed by atoms with Crippen molar-refractivity contribution in [3.8, 4) is 17.0 Å². The summed E-state index contributed by atoms with van der Waals surface area (Å²) in [6.07, 6.45) is 5.22. The molecular weight excluding hydrogens is 629 g/mol. The van der Waals surface area contributed by atoms with Gasteiger partial charge >= 0.3 is 0 Å². The van der Waals surface area contributed by atoms with E-state index in [1.165, 1.54) is 18.2 Å². The van der Waals surface area contributed by atoms with Crippen LogP contribution in [-0.4, -0.2) is 89.0 Å². The monoisotopic (exact) mass is 667 g/mol. The predicted molar refractivity (Wildman–Crippen MR) is 174 cm³/mol. The number of hydrogen-bond donors (Lipinski definition) is 0. The molecule has 0 N–H and O–H groups in total. The smallest absolute Gasteiger partial charge is 0.297 e. The van der Waals surface area contributed by atoms with Crippen molar-refractivity contribution in [2.45, 2.75) is 11.8 Å². The van der Waals surface area contributed by atoms with E-state index in [1.807, 2.05) is 44.4 Å². The summed E-state index contributed by atoms with van der Waals surface area (Å²) in [5.74, 6) is -0.622. The van der Waals surface area contributed by atoms with Gasteiger partial charge in [0, 0.05) is 47.5 Å². The number of hydrogen-bond acceptors (Lipinski definition) is 10. The maximum absolute atomic E-state index is 14.8. The fourth-order valence-electron chi connectivity index (χ4n) is 4.86. The number of pyridine rings is 2. The van der Waals surface area contributed by atoms with Gasteiger partial charge in [-0.15, -0.1) is 0 Å². The predicted octanol–water partition coefficient (Wildman–Crippen LogP) is 5.09. The third kappa shape index (κ3) is 9.31. The van der Waals surface area contributed by atoms with Gasteiger partial charge in [-0.05, 0) is 42.8 Å². The molecule has 3 aromatic heterocycles. The van der Waals surface area contributed by atoms with Crippen LogP contribution < -0.4 is 4.74 Å². The molecule has 0 amide bonds. The van der Waals surface area contributed by atoms with Crippen LogP contribution in [0.3, 0.4) is 0 Å². The van der Waals surface area contributed by atoms with E-state index in [1.54, 1.807) is 24.5 Å². The fraction of sp³-hybridized carbons (Fsp3) is 0.353. The van der Waals surface area contributed by atoms with Crippen LogP contribution in [0.25, 0.3) is 32.9 Å². The summed E-state index contributed by atoms with van der Waals surface area (Å²) in [7, 11) is -1.79. The molecule has 47 heavy (non-hydrogen) atoms. The second-order valence-electron chi connectivity index (χ2n) is 10.6. The van der Waals surface area contributed by atoms with Crippen LogP contribution in [0.5, 0.6) is 5.88 Å². The number of halogens is 1. The van der Waals surface area contributed by atoms with Crippen LogP contribution in [0.15, 0.2) is 78.1 Å². The van der Waals surface area contributed by atoms with E-state index in [0.717, 1.165) is 32.9 Å². The van der Waals surface area contributed by atoms with E-state index in [9.17, 15) is 12.8 Å². The molecule has 0 aliphatic rings. The van der Waals surface area contributed by atoms with Crippen LogP contribution in [0, 0.1) is 12.7 Å². The standard InChI is InChI=1S/C34H38FN3O8S/c1-25-3-6-28(7-4-25)47(39,40)46-20-18-44-16-14-42-12-11-41-13-15-43-17-19-45-34-31(35)21-27(23-37-34)26-5-8-29-30-24-36-10-9-32(30)38(2)33(29)22-26/h3-10,21-24H,11-20H2,1-2H3. The lowest BCUT2D eigenvalue weighted by molar-refractivity contribution is -0.00703. The van der Waals surface area contributed by atoms with Gasteiger partial charge in [-0.1, -0.05) is 29.8 Å². The Morgan fingerprint density at radius 3 is 2.00 bits per heavy atom. The van der Waals surface area contributed by atoms with Crippen LogP contribution in [0.1, 0.15) is 5.56 Å². The molecule has 13 heteroatoms.